The second-order valence-electron chi connectivity index (χ2n) is 13.3. The van der Waals surface area contributed by atoms with Crippen molar-refractivity contribution < 1.29 is 42.5 Å². The van der Waals surface area contributed by atoms with E-state index in [1.165, 1.54) is 5.57 Å². The molecule has 4 N–H and O–H groups in total. The Morgan fingerprint density at radius 1 is 1.05 bits per heavy atom. The van der Waals surface area contributed by atoms with Gasteiger partial charge in [0.25, 0.3) is 10.1 Å². The summed E-state index contributed by atoms with van der Waals surface area (Å²) < 4.78 is 41.8. The molecule has 1 heterocycles. The van der Waals surface area contributed by atoms with E-state index in [0.29, 0.717) is 25.2 Å². The van der Waals surface area contributed by atoms with Gasteiger partial charge in [0, 0.05) is 0 Å². The Bertz CT molecular complexity index is 1030. The van der Waals surface area contributed by atoms with E-state index in [9.17, 15) is 28.8 Å². The van der Waals surface area contributed by atoms with Crippen molar-refractivity contribution in [3.8, 4) is 0 Å². The van der Waals surface area contributed by atoms with Gasteiger partial charge in [0.2, 0.25) is 0 Å². The molecule has 1 aliphatic heterocycles. The maximum atomic E-state index is 12.0. The summed E-state index contributed by atoms with van der Waals surface area (Å²) in [5.41, 5.74) is 1.17. The van der Waals surface area contributed by atoms with E-state index in [2.05, 4.69) is 19.9 Å². The van der Waals surface area contributed by atoms with Crippen molar-refractivity contribution in [2.75, 3.05) is 6.26 Å². The molecule has 4 aliphatic carbocycles. The Morgan fingerprint density at radius 2 is 1.76 bits per heavy atom. The van der Waals surface area contributed by atoms with Crippen LogP contribution in [-0.2, 0) is 23.8 Å². The van der Waals surface area contributed by atoms with Gasteiger partial charge >= 0.3 is 0 Å². The van der Waals surface area contributed by atoms with Crippen LogP contribution in [0.15, 0.2) is 11.6 Å². The van der Waals surface area contributed by atoms with Gasteiger partial charge in [-0.05, 0) is 93.3 Å². The zero-order valence-corrected chi connectivity index (χ0v) is 24.0. The van der Waals surface area contributed by atoms with Gasteiger partial charge in [-0.2, -0.15) is 8.42 Å². The van der Waals surface area contributed by atoms with Gasteiger partial charge in [0.15, 0.2) is 6.29 Å². The van der Waals surface area contributed by atoms with Crippen LogP contribution in [0.4, 0.5) is 0 Å². The van der Waals surface area contributed by atoms with E-state index in [1.54, 1.807) is 6.92 Å². The summed E-state index contributed by atoms with van der Waals surface area (Å²) in [7, 11) is -3.62. The molecule has 4 fully saturated rings. The summed E-state index contributed by atoms with van der Waals surface area (Å²) in [6.07, 6.45) is 1.97. The lowest BCUT2D eigenvalue weighted by atomic mass is 9.48. The second kappa shape index (κ2) is 10.0. The fourth-order valence-corrected chi connectivity index (χ4v) is 9.79. The molecule has 0 unspecified atom stereocenters. The summed E-state index contributed by atoms with van der Waals surface area (Å²) in [5.74, 6) is 0.790. The van der Waals surface area contributed by atoms with Crippen LogP contribution in [0.2, 0.25) is 0 Å². The van der Waals surface area contributed by atoms with Gasteiger partial charge in [-0.25, -0.2) is 0 Å². The highest BCUT2D eigenvalue weighted by molar-refractivity contribution is 7.86. The molecular weight excluding hydrogens is 512 g/mol. The quantitative estimate of drug-likeness (QED) is 0.295. The first-order chi connectivity index (χ1) is 17.7. The van der Waals surface area contributed by atoms with E-state index in [4.69, 9.17) is 13.7 Å². The summed E-state index contributed by atoms with van der Waals surface area (Å²) in [6.45, 7) is 8.10. The number of rotatable bonds is 5. The molecule has 5 rings (SSSR count). The molecule has 0 bridgehead atoms. The normalized spacial score (nSPS) is 51.9. The predicted molar refractivity (Wildman–Crippen MR) is 139 cm³/mol. The molecule has 5 aliphatic rings. The van der Waals surface area contributed by atoms with E-state index >= 15 is 0 Å². The van der Waals surface area contributed by atoms with E-state index in [-0.39, 0.29) is 40.8 Å². The Balaban J connectivity index is 1.48. The standard InChI is InChI=1S/C28H46O9S/c1-14(29)18-6-7-19-17-13-22(36-26-25(32)24(31)23(30)15(2)35-26)21-12-16(37-38(5,33)34)8-10-28(21,4)20(17)9-11-27(18,19)3/h9,14-19,21-26,29-32H,6-8,10-13H2,1-5H3/t14-,15-,16+,17+,18-,19+,21-,22+,23-,24+,25-,26+,27-,28-/m1/s1. The molecule has 0 amide bonds. The van der Waals surface area contributed by atoms with E-state index in [1.807, 2.05) is 6.92 Å². The third-order valence-corrected chi connectivity index (χ3v) is 11.7. The highest BCUT2D eigenvalue weighted by atomic mass is 32.2. The average molecular weight is 559 g/mol. The third kappa shape index (κ3) is 4.81. The summed E-state index contributed by atoms with van der Waals surface area (Å²) in [6, 6.07) is 0. The van der Waals surface area contributed by atoms with Gasteiger partial charge in [-0.3, -0.25) is 4.18 Å². The zero-order valence-electron chi connectivity index (χ0n) is 23.2. The fourth-order valence-electron chi connectivity index (χ4n) is 9.12. The molecule has 0 radical (unpaired) electrons. The monoisotopic (exact) mass is 558 g/mol. The van der Waals surface area contributed by atoms with Gasteiger partial charge in [-0.1, -0.05) is 25.5 Å². The number of hydrogen-bond acceptors (Lipinski definition) is 9. The fraction of sp³-hybridized carbons (Fsp3) is 0.929. The topological polar surface area (TPSA) is 143 Å². The first-order valence-electron chi connectivity index (χ1n) is 14.3. The van der Waals surface area contributed by atoms with Gasteiger partial charge in [0.1, 0.15) is 18.3 Å². The Morgan fingerprint density at radius 3 is 2.42 bits per heavy atom. The van der Waals surface area contributed by atoms with Gasteiger partial charge in [-0.15, -0.1) is 0 Å². The Kier molecular flexibility index (Phi) is 7.65. The lowest BCUT2D eigenvalue weighted by molar-refractivity contribution is -0.315. The van der Waals surface area contributed by atoms with Gasteiger partial charge < -0.3 is 29.9 Å². The van der Waals surface area contributed by atoms with Crippen LogP contribution < -0.4 is 0 Å². The van der Waals surface area contributed by atoms with Crippen molar-refractivity contribution in [1.82, 2.24) is 0 Å². The minimum absolute atomic E-state index is 0.0116. The molecule has 3 saturated carbocycles. The highest BCUT2D eigenvalue weighted by Crippen LogP contribution is 2.66. The summed E-state index contributed by atoms with van der Waals surface area (Å²) in [4.78, 5) is 0. The average Bonchev–Trinajstić information content (AvgIpc) is 3.18. The lowest BCUT2D eigenvalue weighted by Gasteiger charge is -2.59. The molecular formula is C28H46O9S. The van der Waals surface area contributed by atoms with Crippen molar-refractivity contribution in [2.24, 2.45) is 34.5 Å². The van der Waals surface area contributed by atoms with E-state index in [0.717, 1.165) is 31.9 Å². The second-order valence-corrected chi connectivity index (χ2v) is 14.9. The number of aliphatic hydroxyl groups excluding tert-OH is 4. The van der Waals surface area contributed by atoms with E-state index < -0.39 is 46.9 Å². The Hall–Kier alpha value is -0.590. The molecule has 14 atom stereocenters. The molecule has 0 aromatic carbocycles. The smallest absolute Gasteiger partial charge is 0.264 e. The third-order valence-electron chi connectivity index (χ3n) is 11.1. The number of hydrogen-bond donors (Lipinski definition) is 4. The van der Waals surface area contributed by atoms with Crippen LogP contribution in [0, 0.1) is 34.5 Å². The Labute approximate surface area is 226 Å². The van der Waals surface area contributed by atoms with Crippen LogP contribution >= 0.6 is 0 Å². The number of aliphatic hydroxyl groups is 4. The van der Waals surface area contributed by atoms with Crippen LogP contribution in [0.25, 0.3) is 0 Å². The van der Waals surface area contributed by atoms with Crippen molar-refractivity contribution in [3.63, 3.8) is 0 Å². The van der Waals surface area contributed by atoms with Crippen molar-refractivity contribution in [3.05, 3.63) is 11.6 Å². The molecule has 10 heteroatoms. The molecule has 0 spiro atoms. The zero-order chi connectivity index (χ0) is 27.8. The highest BCUT2D eigenvalue weighted by Gasteiger charge is 2.61. The molecule has 38 heavy (non-hydrogen) atoms. The number of ether oxygens (including phenoxy) is 2. The van der Waals surface area contributed by atoms with Crippen LogP contribution in [0.3, 0.4) is 0 Å². The van der Waals surface area contributed by atoms with Crippen LogP contribution in [-0.4, -0.2) is 84.1 Å². The number of allylic oxidation sites excluding steroid dienone is 2. The first-order valence-corrected chi connectivity index (χ1v) is 16.1. The predicted octanol–water partition coefficient (Wildman–Crippen LogP) is 2.11. The SMILES string of the molecule is C[C@@H](O)[C@H]1CC[C@H]2[C@@H]3C[C@H](O[C@@H]4O[C@H](C)[C@@H](O)[C@H](O)[C@H]4O)[C@H]4C[C@@H](OS(C)(=O)=O)CC[C@]4(C)C3=CC[C@]12C. The summed E-state index contributed by atoms with van der Waals surface area (Å²) in [5, 5.41) is 41.9. The molecule has 218 valence electrons. The minimum atomic E-state index is -3.62. The van der Waals surface area contributed by atoms with Crippen LogP contribution in [0.1, 0.15) is 72.6 Å². The van der Waals surface area contributed by atoms with Crippen molar-refractivity contribution in [1.29, 1.82) is 0 Å². The first kappa shape index (κ1) is 28.9. The largest absolute Gasteiger partial charge is 0.393 e. The maximum Gasteiger partial charge on any atom is 0.264 e. The van der Waals surface area contributed by atoms with Crippen molar-refractivity contribution in [2.45, 2.75) is 122 Å². The molecule has 1 saturated heterocycles. The molecule has 0 aromatic heterocycles. The number of fused-ring (bicyclic) bond motifs is 5. The van der Waals surface area contributed by atoms with Crippen molar-refractivity contribution >= 4 is 10.1 Å². The lowest BCUT2D eigenvalue weighted by Crippen LogP contribution is -2.60. The molecule has 9 nitrogen and oxygen atoms in total. The molecule has 0 aromatic rings. The minimum Gasteiger partial charge on any atom is -0.393 e. The summed E-state index contributed by atoms with van der Waals surface area (Å²) >= 11 is 0. The van der Waals surface area contributed by atoms with Gasteiger partial charge in [0.05, 0.1) is 30.7 Å². The van der Waals surface area contributed by atoms with Crippen LogP contribution in [0.5, 0.6) is 0 Å². The maximum absolute atomic E-state index is 12.0.